The molecule has 0 N–H and O–H groups in total. The van der Waals surface area contributed by atoms with Crippen molar-refractivity contribution in [3.63, 3.8) is 0 Å². The molecule has 0 saturated heterocycles. The second kappa shape index (κ2) is 5.46. The lowest BCUT2D eigenvalue weighted by molar-refractivity contribution is 0.174. The molecule has 12 heavy (non-hydrogen) atoms. The first-order valence-corrected chi connectivity index (χ1v) is 6.11. The van der Waals surface area contributed by atoms with Crippen LogP contribution in [0, 0.1) is 0 Å². The Morgan fingerprint density at radius 1 is 1.42 bits per heavy atom. The topological polar surface area (TPSA) is 35.5 Å². The van der Waals surface area contributed by atoms with Gasteiger partial charge in [-0.2, -0.15) is 0 Å². The molecule has 0 rings (SSSR count). The van der Waals surface area contributed by atoms with E-state index in [0.717, 1.165) is 0 Å². The van der Waals surface area contributed by atoms with E-state index in [1.165, 1.54) is 0 Å². The van der Waals surface area contributed by atoms with Gasteiger partial charge in [-0.25, -0.2) is 0 Å². The molecule has 0 heterocycles. The monoisotopic (exact) mass is 234 g/mol. The third kappa shape index (κ3) is 4.11. The molecule has 0 aromatic carbocycles. The van der Waals surface area contributed by atoms with Crippen molar-refractivity contribution in [2.45, 2.75) is 31.5 Å². The van der Waals surface area contributed by atoms with Gasteiger partial charge in [0.1, 0.15) is 0 Å². The fraction of sp³-hybridized carbons (Fsp3) is 1.00. The summed E-state index contributed by atoms with van der Waals surface area (Å²) in [7, 11) is -3.32. The zero-order chi connectivity index (χ0) is 9.78. The zero-order valence-corrected chi connectivity index (χ0v) is 9.70. The summed E-state index contributed by atoms with van der Waals surface area (Å²) in [6.07, 6.45) is -0.220. The van der Waals surface area contributed by atoms with Gasteiger partial charge in [0.05, 0.1) is 12.7 Å². The SMILES string of the molecule is CCOP(=O)(OC(C)C)C(Cl)Cl. The molecule has 0 aliphatic heterocycles. The first-order valence-electron chi connectivity index (χ1n) is 3.63. The number of hydrogen-bond acceptors (Lipinski definition) is 3. The van der Waals surface area contributed by atoms with Crippen molar-refractivity contribution in [2.75, 3.05) is 6.61 Å². The second-order valence-electron chi connectivity index (χ2n) is 2.39. The molecule has 0 spiro atoms. The van der Waals surface area contributed by atoms with Gasteiger partial charge in [0, 0.05) is 0 Å². The summed E-state index contributed by atoms with van der Waals surface area (Å²) >= 11 is 10.9. The summed E-state index contributed by atoms with van der Waals surface area (Å²) in [4.78, 5) is 0. The number of halogens is 2. The fourth-order valence-electron chi connectivity index (χ4n) is 0.607. The van der Waals surface area contributed by atoms with E-state index in [2.05, 4.69) is 0 Å². The Morgan fingerprint density at radius 2 is 1.92 bits per heavy atom. The molecule has 0 aliphatic carbocycles. The summed E-state index contributed by atoms with van der Waals surface area (Å²) in [6.45, 7) is 5.44. The largest absolute Gasteiger partial charge is 0.363 e. The fourth-order valence-corrected chi connectivity index (χ4v) is 2.43. The van der Waals surface area contributed by atoms with Gasteiger partial charge in [0.25, 0.3) is 0 Å². The minimum absolute atomic E-state index is 0.220. The first-order chi connectivity index (χ1) is 5.42. The molecule has 0 aromatic rings. The first kappa shape index (κ1) is 12.7. The Hall–Kier alpha value is 0.730. The lowest BCUT2D eigenvalue weighted by atomic mass is 10.5. The number of rotatable bonds is 5. The standard InChI is InChI=1S/C6H13Cl2O3P/c1-4-10-12(9,6(7)8)11-5(2)3/h5-6H,4H2,1-3H3. The van der Waals surface area contributed by atoms with Crippen LogP contribution in [0.3, 0.4) is 0 Å². The van der Waals surface area contributed by atoms with Gasteiger partial charge in [0.15, 0.2) is 0 Å². The molecule has 6 heteroatoms. The van der Waals surface area contributed by atoms with Crippen molar-refractivity contribution >= 4 is 30.8 Å². The zero-order valence-electron chi connectivity index (χ0n) is 7.29. The van der Waals surface area contributed by atoms with Gasteiger partial charge >= 0.3 is 7.60 Å². The van der Waals surface area contributed by atoms with Crippen LogP contribution in [0.15, 0.2) is 0 Å². The summed E-state index contributed by atoms with van der Waals surface area (Å²) in [6, 6.07) is 0. The van der Waals surface area contributed by atoms with Crippen molar-refractivity contribution in [2.24, 2.45) is 0 Å². The van der Waals surface area contributed by atoms with Crippen LogP contribution in [0.2, 0.25) is 0 Å². The van der Waals surface area contributed by atoms with Crippen molar-refractivity contribution in [1.82, 2.24) is 0 Å². The molecule has 0 saturated carbocycles. The normalized spacial score (nSPS) is 16.9. The van der Waals surface area contributed by atoms with Gasteiger partial charge in [-0.3, -0.25) is 4.57 Å². The molecule has 0 aliphatic rings. The van der Waals surface area contributed by atoms with Crippen molar-refractivity contribution < 1.29 is 13.6 Å². The summed E-state index contributed by atoms with van der Waals surface area (Å²) in [5.41, 5.74) is 0. The molecular formula is C6H13Cl2O3P. The van der Waals surface area contributed by atoms with Crippen LogP contribution in [0.25, 0.3) is 0 Å². The van der Waals surface area contributed by atoms with Crippen LogP contribution >= 0.6 is 30.8 Å². The molecule has 0 amide bonds. The molecule has 0 radical (unpaired) electrons. The Morgan fingerprint density at radius 3 is 2.17 bits per heavy atom. The minimum Gasteiger partial charge on any atom is -0.307 e. The van der Waals surface area contributed by atoms with E-state index in [1.54, 1.807) is 20.8 Å². The minimum atomic E-state index is -3.32. The highest BCUT2D eigenvalue weighted by molar-refractivity contribution is 7.58. The van der Waals surface area contributed by atoms with Gasteiger partial charge in [0.2, 0.25) is 4.58 Å². The summed E-state index contributed by atoms with van der Waals surface area (Å²) in [5.74, 6) is 0. The van der Waals surface area contributed by atoms with Gasteiger partial charge < -0.3 is 9.05 Å². The Labute approximate surface area is 82.9 Å². The lowest BCUT2D eigenvalue weighted by Crippen LogP contribution is -2.07. The van der Waals surface area contributed by atoms with Gasteiger partial charge in [-0.05, 0) is 20.8 Å². The van der Waals surface area contributed by atoms with E-state index in [4.69, 9.17) is 32.2 Å². The summed E-state index contributed by atoms with van der Waals surface area (Å²) < 4.78 is 20.4. The van der Waals surface area contributed by atoms with E-state index in [9.17, 15) is 4.57 Å². The van der Waals surface area contributed by atoms with Crippen LogP contribution in [0.1, 0.15) is 20.8 Å². The average Bonchev–Trinajstić information content (AvgIpc) is 1.85. The molecule has 1 unspecified atom stereocenters. The smallest absolute Gasteiger partial charge is 0.307 e. The van der Waals surface area contributed by atoms with Crippen LogP contribution in [-0.4, -0.2) is 17.3 Å². The van der Waals surface area contributed by atoms with Crippen molar-refractivity contribution in [3.8, 4) is 0 Å². The highest BCUT2D eigenvalue weighted by Crippen LogP contribution is 2.57. The number of hydrogen-bond donors (Lipinski definition) is 0. The maximum atomic E-state index is 11.6. The van der Waals surface area contributed by atoms with Gasteiger partial charge in [-0.1, -0.05) is 23.2 Å². The van der Waals surface area contributed by atoms with E-state index in [0.29, 0.717) is 0 Å². The van der Waals surface area contributed by atoms with Crippen molar-refractivity contribution in [3.05, 3.63) is 0 Å². The third-order valence-corrected chi connectivity index (χ3v) is 4.15. The lowest BCUT2D eigenvalue weighted by Gasteiger charge is -2.20. The van der Waals surface area contributed by atoms with Crippen LogP contribution < -0.4 is 0 Å². The second-order valence-corrected chi connectivity index (χ2v) is 6.16. The summed E-state index contributed by atoms with van der Waals surface area (Å²) in [5, 5.41) is 0. The maximum Gasteiger partial charge on any atom is 0.363 e. The Balaban J connectivity index is 4.30. The molecule has 0 bridgehead atoms. The molecule has 1 atom stereocenters. The molecule has 0 aromatic heterocycles. The molecule has 74 valence electrons. The third-order valence-electron chi connectivity index (χ3n) is 0.906. The van der Waals surface area contributed by atoms with Crippen LogP contribution in [0.5, 0.6) is 0 Å². The predicted octanol–water partition coefficient (Wildman–Crippen LogP) is 3.40. The molecular weight excluding hydrogens is 222 g/mol. The number of alkyl halides is 2. The highest BCUT2D eigenvalue weighted by atomic mass is 35.5. The molecule has 0 fully saturated rings. The van der Waals surface area contributed by atoms with Crippen LogP contribution in [-0.2, 0) is 13.6 Å². The average molecular weight is 235 g/mol. The van der Waals surface area contributed by atoms with E-state index >= 15 is 0 Å². The Bertz CT molecular complexity index is 172. The quantitative estimate of drug-likeness (QED) is 0.541. The Kier molecular flexibility index (Phi) is 5.79. The van der Waals surface area contributed by atoms with Crippen LogP contribution in [0.4, 0.5) is 0 Å². The molecule has 3 nitrogen and oxygen atoms in total. The van der Waals surface area contributed by atoms with E-state index < -0.39 is 12.2 Å². The highest BCUT2D eigenvalue weighted by Gasteiger charge is 2.33. The van der Waals surface area contributed by atoms with Gasteiger partial charge in [-0.15, -0.1) is 0 Å². The van der Waals surface area contributed by atoms with E-state index in [-0.39, 0.29) is 12.7 Å². The predicted molar refractivity (Wildman–Crippen MR) is 50.9 cm³/mol. The van der Waals surface area contributed by atoms with Crippen molar-refractivity contribution in [1.29, 1.82) is 0 Å². The van der Waals surface area contributed by atoms with E-state index in [1.807, 2.05) is 0 Å². The maximum absolute atomic E-state index is 11.6.